The molecule has 2 nitrogen and oxygen atoms in total. The zero-order valence-corrected chi connectivity index (χ0v) is 9.85. The van der Waals surface area contributed by atoms with E-state index in [4.69, 9.17) is 0 Å². The molecule has 0 radical (unpaired) electrons. The summed E-state index contributed by atoms with van der Waals surface area (Å²) in [6, 6.07) is 0.280. The first kappa shape index (κ1) is 11.9. The van der Waals surface area contributed by atoms with E-state index in [0.29, 0.717) is 0 Å². The molecular formula is C11H21NOS. The zero-order valence-electron chi connectivity index (χ0n) is 8.96. The average Bonchev–Trinajstić information content (AvgIpc) is 2.19. The standard InChI is InChI=1S/C11H21NOS/c1-9(7-8-14)12-11(13)10-5-3-2-4-6-10/h9-10,14H,2-8H2,1H3,(H,12,13)/t9-/m1/s1. The first-order valence-electron chi connectivity index (χ1n) is 5.65. The molecule has 1 aliphatic rings. The number of hydrogen-bond acceptors (Lipinski definition) is 2. The monoisotopic (exact) mass is 215 g/mol. The van der Waals surface area contributed by atoms with Crippen molar-refractivity contribution in [3.63, 3.8) is 0 Å². The molecule has 0 saturated heterocycles. The van der Waals surface area contributed by atoms with Crippen LogP contribution in [0.1, 0.15) is 45.4 Å². The molecule has 1 rings (SSSR count). The minimum atomic E-state index is 0.263. The molecule has 1 aliphatic carbocycles. The van der Waals surface area contributed by atoms with E-state index in [1.165, 1.54) is 19.3 Å². The van der Waals surface area contributed by atoms with Gasteiger partial charge in [-0.3, -0.25) is 4.79 Å². The van der Waals surface area contributed by atoms with Gasteiger partial charge in [-0.25, -0.2) is 0 Å². The Balaban J connectivity index is 2.25. The molecular weight excluding hydrogens is 194 g/mol. The maximum absolute atomic E-state index is 11.7. The van der Waals surface area contributed by atoms with Gasteiger partial charge in [-0.15, -0.1) is 0 Å². The summed E-state index contributed by atoms with van der Waals surface area (Å²) in [5, 5.41) is 3.06. The van der Waals surface area contributed by atoms with Crippen molar-refractivity contribution in [2.45, 2.75) is 51.5 Å². The van der Waals surface area contributed by atoms with E-state index in [-0.39, 0.29) is 17.9 Å². The molecule has 82 valence electrons. The molecule has 0 unspecified atom stereocenters. The van der Waals surface area contributed by atoms with Gasteiger partial charge in [-0.05, 0) is 31.9 Å². The summed E-state index contributed by atoms with van der Waals surface area (Å²) in [6.45, 7) is 2.05. The van der Waals surface area contributed by atoms with Crippen LogP contribution in [0.2, 0.25) is 0 Å². The van der Waals surface area contributed by atoms with Crippen molar-refractivity contribution in [3.05, 3.63) is 0 Å². The largest absolute Gasteiger partial charge is 0.353 e. The Labute approximate surface area is 92.2 Å². The Hall–Kier alpha value is -0.180. The van der Waals surface area contributed by atoms with Crippen LogP contribution in [-0.4, -0.2) is 17.7 Å². The second-order valence-electron chi connectivity index (χ2n) is 4.26. The maximum atomic E-state index is 11.7. The lowest BCUT2D eigenvalue weighted by molar-refractivity contribution is -0.126. The quantitative estimate of drug-likeness (QED) is 0.693. The SMILES string of the molecule is C[C@H](CCS)NC(=O)C1CCCCC1. The van der Waals surface area contributed by atoms with Crippen LogP contribution in [0.25, 0.3) is 0 Å². The van der Waals surface area contributed by atoms with Gasteiger partial charge in [0.2, 0.25) is 5.91 Å². The van der Waals surface area contributed by atoms with Crippen molar-refractivity contribution in [3.8, 4) is 0 Å². The van der Waals surface area contributed by atoms with Crippen molar-refractivity contribution in [2.24, 2.45) is 5.92 Å². The Morgan fingerprint density at radius 2 is 2.07 bits per heavy atom. The van der Waals surface area contributed by atoms with E-state index in [9.17, 15) is 4.79 Å². The van der Waals surface area contributed by atoms with Gasteiger partial charge in [0.1, 0.15) is 0 Å². The number of rotatable bonds is 4. The fourth-order valence-electron chi connectivity index (χ4n) is 1.99. The van der Waals surface area contributed by atoms with E-state index in [0.717, 1.165) is 25.0 Å². The Morgan fingerprint density at radius 1 is 1.43 bits per heavy atom. The maximum Gasteiger partial charge on any atom is 0.223 e. The minimum absolute atomic E-state index is 0.263. The molecule has 1 fully saturated rings. The summed E-state index contributed by atoms with van der Waals surface area (Å²) < 4.78 is 0. The molecule has 1 atom stereocenters. The molecule has 1 saturated carbocycles. The van der Waals surface area contributed by atoms with Crippen LogP contribution >= 0.6 is 12.6 Å². The third kappa shape index (κ3) is 3.91. The van der Waals surface area contributed by atoms with Crippen LogP contribution in [0, 0.1) is 5.92 Å². The van der Waals surface area contributed by atoms with Crippen molar-refractivity contribution in [2.75, 3.05) is 5.75 Å². The van der Waals surface area contributed by atoms with Gasteiger partial charge in [0.05, 0.1) is 0 Å². The molecule has 14 heavy (non-hydrogen) atoms. The van der Waals surface area contributed by atoms with Gasteiger partial charge in [0.25, 0.3) is 0 Å². The third-order valence-electron chi connectivity index (χ3n) is 2.93. The zero-order chi connectivity index (χ0) is 10.4. The number of carbonyl (C=O) groups excluding carboxylic acids is 1. The number of nitrogens with one attached hydrogen (secondary N) is 1. The summed E-state index contributed by atoms with van der Waals surface area (Å²) >= 11 is 4.16. The van der Waals surface area contributed by atoms with E-state index in [1.54, 1.807) is 0 Å². The number of carbonyl (C=O) groups is 1. The summed E-state index contributed by atoms with van der Waals surface area (Å²) in [4.78, 5) is 11.7. The molecule has 1 amide bonds. The first-order valence-corrected chi connectivity index (χ1v) is 6.28. The predicted molar refractivity (Wildman–Crippen MR) is 62.6 cm³/mol. The molecule has 0 aromatic heterocycles. The lowest BCUT2D eigenvalue weighted by atomic mass is 9.88. The van der Waals surface area contributed by atoms with Gasteiger partial charge in [-0.2, -0.15) is 12.6 Å². The summed E-state index contributed by atoms with van der Waals surface area (Å²) in [5.41, 5.74) is 0. The second-order valence-corrected chi connectivity index (χ2v) is 4.70. The van der Waals surface area contributed by atoms with Crippen LogP contribution < -0.4 is 5.32 Å². The van der Waals surface area contributed by atoms with Crippen molar-refractivity contribution in [1.82, 2.24) is 5.32 Å². The van der Waals surface area contributed by atoms with Crippen LogP contribution in [0.3, 0.4) is 0 Å². The average molecular weight is 215 g/mol. The van der Waals surface area contributed by atoms with Gasteiger partial charge in [0.15, 0.2) is 0 Å². The van der Waals surface area contributed by atoms with Gasteiger partial charge in [-0.1, -0.05) is 19.3 Å². The van der Waals surface area contributed by atoms with Crippen LogP contribution in [-0.2, 0) is 4.79 Å². The number of thiol groups is 1. The van der Waals surface area contributed by atoms with E-state index in [1.807, 2.05) is 0 Å². The lowest BCUT2D eigenvalue weighted by Gasteiger charge is -2.22. The molecule has 0 aromatic carbocycles. The van der Waals surface area contributed by atoms with Crippen molar-refractivity contribution >= 4 is 18.5 Å². The highest BCUT2D eigenvalue weighted by Crippen LogP contribution is 2.23. The molecule has 0 heterocycles. The Kier molecular flexibility index (Phi) is 5.38. The second kappa shape index (κ2) is 6.33. The predicted octanol–water partition coefficient (Wildman–Crippen LogP) is 2.39. The van der Waals surface area contributed by atoms with Crippen molar-refractivity contribution < 1.29 is 4.79 Å². The Morgan fingerprint density at radius 3 is 2.64 bits per heavy atom. The smallest absolute Gasteiger partial charge is 0.223 e. The van der Waals surface area contributed by atoms with Gasteiger partial charge < -0.3 is 5.32 Å². The molecule has 1 N–H and O–H groups in total. The highest BCUT2D eigenvalue weighted by atomic mass is 32.1. The summed E-state index contributed by atoms with van der Waals surface area (Å²) in [5.74, 6) is 1.39. The van der Waals surface area contributed by atoms with E-state index < -0.39 is 0 Å². The highest BCUT2D eigenvalue weighted by molar-refractivity contribution is 7.80. The minimum Gasteiger partial charge on any atom is -0.353 e. The molecule has 0 aromatic rings. The molecule has 0 bridgehead atoms. The van der Waals surface area contributed by atoms with Crippen LogP contribution in [0.15, 0.2) is 0 Å². The molecule has 0 spiro atoms. The molecule has 0 aliphatic heterocycles. The summed E-state index contributed by atoms with van der Waals surface area (Å²) in [6.07, 6.45) is 6.87. The van der Waals surface area contributed by atoms with E-state index in [2.05, 4.69) is 24.9 Å². The van der Waals surface area contributed by atoms with Gasteiger partial charge in [0, 0.05) is 12.0 Å². The van der Waals surface area contributed by atoms with Crippen molar-refractivity contribution in [1.29, 1.82) is 0 Å². The topological polar surface area (TPSA) is 29.1 Å². The van der Waals surface area contributed by atoms with Crippen LogP contribution in [0.5, 0.6) is 0 Å². The third-order valence-corrected chi connectivity index (χ3v) is 3.18. The number of hydrogen-bond donors (Lipinski definition) is 2. The lowest BCUT2D eigenvalue weighted by Crippen LogP contribution is -2.38. The van der Waals surface area contributed by atoms with Gasteiger partial charge >= 0.3 is 0 Å². The number of amides is 1. The van der Waals surface area contributed by atoms with Crippen LogP contribution in [0.4, 0.5) is 0 Å². The normalized spacial score (nSPS) is 20.4. The highest BCUT2D eigenvalue weighted by Gasteiger charge is 2.21. The molecule has 3 heteroatoms. The van der Waals surface area contributed by atoms with E-state index >= 15 is 0 Å². The first-order chi connectivity index (χ1) is 6.74. The Bertz CT molecular complexity index is 178. The summed E-state index contributed by atoms with van der Waals surface area (Å²) in [7, 11) is 0. The fourth-order valence-corrected chi connectivity index (χ4v) is 2.38. The fraction of sp³-hybridized carbons (Fsp3) is 0.909.